The van der Waals surface area contributed by atoms with Crippen molar-refractivity contribution in [2.45, 2.75) is 6.54 Å². The zero-order valence-corrected chi connectivity index (χ0v) is 19.7. The van der Waals surface area contributed by atoms with Gasteiger partial charge in [-0.15, -0.1) is 10.2 Å². The molecule has 0 radical (unpaired) electrons. The summed E-state index contributed by atoms with van der Waals surface area (Å²) in [5.74, 6) is 0. The lowest BCUT2D eigenvalue weighted by atomic mass is 9.95. The van der Waals surface area contributed by atoms with Gasteiger partial charge < -0.3 is 5.32 Å². The third kappa shape index (κ3) is 4.23. The first-order valence-corrected chi connectivity index (χ1v) is 12.0. The molecule has 168 valence electrons. The fourth-order valence-corrected chi connectivity index (χ4v) is 4.74. The Labute approximate surface area is 209 Å². The first-order chi connectivity index (χ1) is 17.3. The quantitative estimate of drug-likeness (QED) is 0.274. The van der Waals surface area contributed by atoms with Crippen molar-refractivity contribution in [3.8, 4) is 22.4 Å². The molecule has 0 bridgehead atoms. The lowest BCUT2D eigenvalue weighted by Crippen LogP contribution is -2.00. The molecule has 0 saturated carbocycles. The molecule has 1 aromatic heterocycles. The highest BCUT2D eigenvalue weighted by Gasteiger charge is 2.16. The molecule has 0 unspecified atom stereocenters. The second kappa shape index (κ2) is 9.21. The normalized spacial score (nSPS) is 11.1. The average molecular weight is 472 g/mol. The molecule has 0 spiro atoms. The van der Waals surface area contributed by atoms with Crippen molar-refractivity contribution >= 4 is 39.0 Å². The SMILES string of the molecule is Clc1cccc2c(-c3cccc(NCc4ccc5ccccc5c4)c3)c(-c3ccccc3)nnc12. The summed E-state index contributed by atoms with van der Waals surface area (Å²) in [5, 5.41) is 16.8. The van der Waals surface area contributed by atoms with Crippen LogP contribution in [0.25, 0.3) is 44.1 Å². The lowest BCUT2D eigenvalue weighted by molar-refractivity contribution is 1.08. The molecular formula is C31H22ClN3. The molecule has 35 heavy (non-hydrogen) atoms. The van der Waals surface area contributed by atoms with Crippen molar-refractivity contribution in [2.24, 2.45) is 0 Å². The van der Waals surface area contributed by atoms with Gasteiger partial charge in [-0.05, 0) is 46.2 Å². The fourth-order valence-electron chi connectivity index (χ4n) is 4.52. The van der Waals surface area contributed by atoms with Gasteiger partial charge in [0.05, 0.1) is 5.02 Å². The lowest BCUT2D eigenvalue weighted by Gasteiger charge is -2.14. The van der Waals surface area contributed by atoms with Gasteiger partial charge >= 0.3 is 0 Å². The minimum Gasteiger partial charge on any atom is -0.381 e. The summed E-state index contributed by atoms with van der Waals surface area (Å²) in [6, 6.07) is 39.5. The van der Waals surface area contributed by atoms with Crippen LogP contribution in [-0.4, -0.2) is 10.2 Å². The van der Waals surface area contributed by atoms with E-state index in [4.69, 9.17) is 11.6 Å². The van der Waals surface area contributed by atoms with E-state index in [-0.39, 0.29) is 0 Å². The Morgan fingerprint density at radius 1 is 0.629 bits per heavy atom. The van der Waals surface area contributed by atoms with Crippen LogP contribution in [0.4, 0.5) is 5.69 Å². The highest BCUT2D eigenvalue weighted by atomic mass is 35.5. The van der Waals surface area contributed by atoms with E-state index in [0.717, 1.165) is 40.0 Å². The zero-order chi connectivity index (χ0) is 23.6. The van der Waals surface area contributed by atoms with Crippen LogP contribution in [0.3, 0.4) is 0 Å². The third-order valence-electron chi connectivity index (χ3n) is 6.25. The number of benzene rings is 5. The van der Waals surface area contributed by atoms with E-state index >= 15 is 0 Å². The first-order valence-electron chi connectivity index (χ1n) is 11.6. The molecule has 0 amide bonds. The molecule has 3 nitrogen and oxygen atoms in total. The van der Waals surface area contributed by atoms with Crippen molar-refractivity contribution in [2.75, 3.05) is 5.32 Å². The van der Waals surface area contributed by atoms with Gasteiger partial charge in [-0.25, -0.2) is 0 Å². The van der Waals surface area contributed by atoms with Crippen LogP contribution in [0.15, 0.2) is 115 Å². The van der Waals surface area contributed by atoms with E-state index in [1.807, 2.05) is 30.3 Å². The molecule has 0 aliphatic heterocycles. The smallest absolute Gasteiger partial charge is 0.112 e. The highest BCUT2D eigenvalue weighted by molar-refractivity contribution is 6.35. The Hall–Kier alpha value is -4.21. The number of rotatable bonds is 5. The van der Waals surface area contributed by atoms with E-state index in [1.165, 1.54) is 16.3 Å². The highest BCUT2D eigenvalue weighted by Crippen LogP contribution is 2.38. The van der Waals surface area contributed by atoms with E-state index in [1.54, 1.807) is 0 Å². The van der Waals surface area contributed by atoms with E-state index < -0.39 is 0 Å². The van der Waals surface area contributed by atoms with Crippen LogP contribution in [0.2, 0.25) is 5.02 Å². The van der Waals surface area contributed by atoms with Crippen molar-refractivity contribution in [3.05, 3.63) is 126 Å². The minimum absolute atomic E-state index is 0.599. The molecular weight excluding hydrogens is 450 g/mol. The second-order valence-corrected chi connectivity index (χ2v) is 8.95. The molecule has 5 aromatic carbocycles. The number of anilines is 1. The maximum atomic E-state index is 6.49. The monoisotopic (exact) mass is 471 g/mol. The maximum absolute atomic E-state index is 6.49. The Morgan fingerprint density at radius 3 is 2.29 bits per heavy atom. The summed E-state index contributed by atoms with van der Waals surface area (Å²) in [5.41, 5.74) is 6.94. The van der Waals surface area contributed by atoms with Crippen LogP contribution >= 0.6 is 11.6 Å². The molecule has 0 aliphatic carbocycles. The Morgan fingerprint density at radius 2 is 1.40 bits per heavy atom. The van der Waals surface area contributed by atoms with Gasteiger partial charge in [0.25, 0.3) is 0 Å². The number of hydrogen-bond donors (Lipinski definition) is 1. The average Bonchev–Trinajstić information content (AvgIpc) is 2.92. The molecule has 0 atom stereocenters. The Balaban J connectivity index is 1.40. The number of nitrogens with zero attached hydrogens (tertiary/aromatic N) is 2. The van der Waals surface area contributed by atoms with E-state index in [2.05, 4.69) is 100 Å². The van der Waals surface area contributed by atoms with Gasteiger partial charge in [-0.3, -0.25) is 0 Å². The summed E-state index contributed by atoms with van der Waals surface area (Å²) in [7, 11) is 0. The van der Waals surface area contributed by atoms with Crippen LogP contribution in [0, 0.1) is 0 Å². The molecule has 0 saturated heterocycles. The number of aromatic nitrogens is 2. The minimum atomic E-state index is 0.599. The van der Waals surface area contributed by atoms with Gasteiger partial charge in [0.15, 0.2) is 0 Å². The maximum Gasteiger partial charge on any atom is 0.112 e. The molecule has 6 rings (SSSR count). The third-order valence-corrected chi connectivity index (χ3v) is 6.56. The summed E-state index contributed by atoms with van der Waals surface area (Å²) < 4.78 is 0. The molecule has 0 aliphatic rings. The van der Waals surface area contributed by atoms with Crippen LogP contribution in [-0.2, 0) is 6.54 Å². The van der Waals surface area contributed by atoms with Gasteiger partial charge in [0.1, 0.15) is 11.2 Å². The van der Waals surface area contributed by atoms with Gasteiger partial charge in [-0.2, -0.15) is 0 Å². The number of nitrogens with one attached hydrogen (secondary N) is 1. The largest absolute Gasteiger partial charge is 0.381 e. The van der Waals surface area contributed by atoms with Crippen LogP contribution in [0.5, 0.6) is 0 Å². The standard InChI is InChI=1S/C31H22ClN3/c32-28-15-7-14-27-29(30(34-35-31(27)28)23-9-2-1-3-10-23)25-12-6-13-26(19-25)33-20-21-16-17-22-8-4-5-11-24(22)18-21/h1-19,33H,20H2. The predicted octanol–water partition coefficient (Wildman–Crippen LogP) is 8.38. The summed E-state index contributed by atoms with van der Waals surface area (Å²) in [4.78, 5) is 0. The topological polar surface area (TPSA) is 37.8 Å². The van der Waals surface area contributed by atoms with Gasteiger partial charge in [0.2, 0.25) is 0 Å². The Kier molecular flexibility index (Phi) is 5.61. The molecule has 6 aromatic rings. The van der Waals surface area contributed by atoms with Crippen LogP contribution in [0.1, 0.15) is 5.56 Å². The summed E-state index contributed by atoms with van der Waals surface area (Å²) >= 11 is 6.49. The molecule has 4 heteroatoms. The Bertz CT molecular complexity index is 1660. The van der Waals surface area contributed by atoms with Gasteiger partial charge in [-0.1, -0.05) is 103 Å². The number of hydrogen-bond acceptors (Lipinski definition) is 3. The summed E-state index contributed by atoms with van der Waals surface area (Å²) in [6.07, 6.45) is 0. The fraction of sp³-hybridized carbons (Fsp3) is 0.0323. The van der Waals surface area contributed by atoms with Crippen molar-refractivity contribution < 1.29 is 0 Å². The summed E-state index contributed by atoms with van der Waals surface area (Å²) in [6.45, 7) is 0.737. The van der Waals surface area contributed by atoms with Crippen molar-refractivity contribution in [1.82, 2.24) is 10.2 Å². The van der Waals surface area contributed by atoms with Crippen molar-refractivity contribution in [3.63, 3.8) is 0 Å². The molecule has 0 fully saturated rings. The molecule has 1 N–H and O–H groups in total. The molecule has 1 heterocycles. The van der Waals surface area contributed by atoms with E-state index in [0.29, 0.717) is 10.5 Å². The predicted molar refractivity (Wildman–Crippen MR) is 147 cm³/mol. The van der Waals surface area contributed by atoms with Crippen molar-refractivity contribution in [1.29, 1.82) is 0 Å². The number of halogens is 1. The zero-order valence-electron chi connectivity index (χ0n) is 18.9. The number of fused-ring (bicyclic) bond motifs is 2. The second-order valence-electron chi connectivity index (χ2n) is 8.54. The first kappa shape index (κ1) is 21.3. The van der Waals surface area contributed by atoms with Gasteiger partial charge in [0, 0.05) is 28.7 Å². The van der Waals surface area contributed by atoms with E-state index in [9.17, 15) is 0 Å². The van der Waals surface area contributed by atoms with Crippen LogP contribution < -0.4 is 5.32 Å².